The van der Waals surface area contributed by atoms with E-state index in [1.165, 1.54) is 34.5 Å². The number of carbonyl (C=O) groups is 2. The fourth-order valence-corrected chi connectivity index (χ4v) is 3.30. The molecule has 1 amide bonds. The molecule has 4 aromatic heterocycles. The Bertz CT molecular complexity index is 1430. The quantitative estimate of drug-likeness (QED) is 0.334. The van der Waals surface area contributed by atoms with Crippen LogP contribution in [0.2, 0.25) is 0 Å². The van der Waals surface area contributed by atoms with Gasteiger partial charge in [-0.25, -0.2) is 9.78 Å². The first kappa shape index (κ1) is 21.2. The van der Waals surface area contributed by atoms with Crippen molar-refractivity contribution in [2.45, 2.75) is 13.5 Å². The van der Waals surface area contributed by atoms with Gasteiger partial charge in [0.15, 0.2) is 11.2 Å². The number of nitrogens with zero attached hydrogens (tertiary/aromatic N) is 4. The summed E-state index contributed by atoms with van der Waals surface area (Å²) in [5, 5.41) is 0.178. The molecule has 0 N–H and O–H groups in total. The molecule has 164 valence electrons. The van der Waals surface area contributed by atoms with E-state index in [2.05, 4.69) is 9.98 Å². The van der Waals surface area contributed by atoms with Crippen molar-refractivity contribution < 1.29 is 23.5 Å². The summed E-state index contributed by atoms with van der Waals surface area (Å²) in [7, 11) is 1.51. The van der Waals surface area contributed by atoms with Gasteiger partial charge in [-0.2, -0.15) is 4.99 Å². The van der Waals surface area contributed by atoms with Gasteiger partial charge in [-0.15, -0.1) is 0 Å². The molecule has 0 aliphatic heterocycles. The van der Waals surface area contributed by atoms with Crippen LogP contribution in [0.15, 0.2) is 63.1 Å². The van der Waals surface area contributed by atoms with Gasteiger partial charge in [0.1, 0.15) is 16.9 Å². The summed E-state index contributed by atoms with van der Waals surface area (Å²) in [6, 6.07) is 9.54. The lowest BCUT2D eigenvalue weighted by Crippen LogP contribution is -2.33. The monoisotopic (exact) mass is 436 g/mol. The fourth-order valence-electron chi connectivity index (χ4n) is 3.30. The highest BCUT2D eigenvalue weighted by atomic mass is 16.5. The second kappa shape index (κ2) is 8.98. The van der Waals surface area contributed by atoms with Gasteiger partial charge in [0.2, 0.25) is 0 Å². The Hall–Kier alpha value is -4.05. The summed E-state index contributed by atoms with van der Waals surface area (Å²) in [6.07, 6.45) is 2.94. The first-order valence-electron chi connectivity index (χ1n) is 9.88. The number of hydrogen-bond acceptors (Lipinski definition) is 7. The average Bonchev–Trinajstić information content (AvgIpc) is 3.34. The first-order valence-corrected chi connectivity index (χ1v) is 9.88. The first-order chi connectivity index (χ1) is 15.5. The number of aromatic nitrogens is 3. The number of esters is 1. The fraction of sp³-hybridized carbons (Fsp3) is 0.227. The van der Waals surface area contributed by atoms with E-state index in [0.29, 0.717) is 5.65 Å². The molecule has 0 unspecified atom stereocenters. The summed E-state index contributed by atoms with van der Waals surface area (Å²) in [5.74, 6) is -1.41. The van der Waals surface area contributed by atoms with Crippen molar-refractivity contribution in [1.82, 2.24) is 14.0 Å². The number of ether oxygens (including phenoxy) is 2. The number of hydrogen-bond donors (Lipinski definition) is 0. The molecule has 0 radical (unpaired) electrons. The van der Waals surface area contributed by atoms with Crippen LogP contribution in [0.3, 0.4) is 0 Å². The van der Waals surface area contributed by atoms with Gasteiger partial charge >= 0.3 is 11.9 Å². The van der Waals surface area contributed by atoms with Crippen LogP contribution in [0.5, 0.6) is 0 Å². The zero-order chi connectivity index (χ0) is 22.7. The van der Waals surface area contributed by atoms with E-state index >= 15 is 0 Å². The van der Waals surface area contributed by atoms with Crippen LogP contribution in [-0.2, 0) is 16.0 Å². The summed E-state index contributed by atoms with van der Waals surface area (Å²) >= 11 is 0. The summed E-state index contributed by atoms with van der Waals surface area (Å²) in [5.41, 5.74) is 0.263. The number of carbonyl (C=O) groups excluding carboxylic acids is 2. The molecule has 10 nitrogen and oxygen atoms in total. The topological polar surface area (TPSA) is 117 Å². The second-order valence-corrected chi connectivity index (χ2v) is 6.72. The molecule has 0 aliphatic carbocycles. The van der Waals surface area contributed by atoms with Crippen LogP contribution < -0.4 is 11.0 Å². The molecule has 4 heterocycles. The molecule has 0 atom stereocenters. The van der Waals surface area contributed by atoms with Gasteiger partial charge in [-0.3, -0.25) is 14.0 Å². The van der Waals surface area contributed by atoms with Gasteiger partial charge < -0.3 is 18.5 Å². The SMILES string of the molecule is CCOC(=O)c1cc2c(=O)n3ccccc3nc2n(CCOC)c1=NC(=O)c1ccco1. The molecule has 0 fully saturated rings. The molecule has 0 saturated heterocycles. The minimum Gasteiger partial charge on any atom is -0.462 e. The average molecular weight is 436 g/mol. The Morgan fingerprint density at radius 1 is 1.22 bits per heavy atom. The number of amides is 1. The molecule has 0 aliphatic rings. The maximum absolute atomic E-state index is 13.2. The van der Waals surface area contributed by atoms with Gasteiger partial charge in [-0.05, 0) is 37.3 Å². The van der Waals surface area contributed by atoms with E-state index < -0.39 is 11.9 Å². The zero-order valence-corrected chi connectivity index (χ0v) is 17.5. The van der Waals surface area contributed by atoms with Crippen LogP contribution >= 0.6 is 0 Å². The Kier molecular flexibility index (Phi) is 5.95. The van der Waals surface area contributed by atoms with Crippen molar-refractivity contribution in [2.24, 2.45) is 4.99 Å². The molecule has 10 heteroatoms. The van der Waals surface area contributed by atoms with Crippen LogP contribution in [0, 0.1) is 0 Å². The van der Waals surface area contributed by atoms with E-state index in [9.17, 15) is 14.4 Å². The minimum absolute atomic E-state index is 0.00146. The Labute approximate surface area is 181 Å². The largest absolute Gasteiger partial charge is 0.462 e. The number of pyridine rings is 2. The van der Waals surface area contributed by atoms with Crippen molar-refractivity contribution >= 4 is 28.6 Å². The van der Waals surface area contributed by atoms with Crippen LogP contribution in [0.1, 0.15) is 27.8 Å². The van der Waals surface area contributed by atoms with E-state index in [-0.39, 0.29) is 53.2 Å². The van der Waals surface area contributed by atoms with Gasteiger partial charge in [-0.1, -0.05) is 6.07 Å². The third kappa shape index (κ3) is 3.83. The van der Waals surface area contributed by atoms with Crippen LogP contribution in [-0.4, -0.2) is 46.2 Å². The predicted molar refractivity (Wildman–Crippen MR) is 113 cm³/mol. The number of furan rings is 1. The van der Waals surface area contributed by atoms with E-state index in [1.807, 2.05) is 0 Å². The molecule has 0 saturated carbocycles. The molecule has 0 aromatic carbocycles. The molecular weight excluding hydrogens is 416 g/mol. The standard InChI is InChI=1S/C22H20N4O6/c1-3-31-22(29)15-13-14-18(23-17-8-4-5-9-25(17)21(14)28)26(10-12-30-2)19(15)24-20(27)16-7-6-11-32-16/h4-9,11,13H,3,10,12H2,1-2H3. The Morgan fingerprint density at radius 3 is 2.78 bits per heavy atom. The molecule has 4 rings (SSSR count). The van der Waals surface area contributed by atoms with E-state index in [1.54, 1.807) is 37.4 Å². The highest BCUT2D eigenvalue weighted by Gasteiger charge is 2.20. The Morgan fingerprint density at radius 2 is 2.06 bits per heavy atom. The maximum Gasteiger partial charge on any atom is 0.341 e. The molecule has 32 heavy (non-hydrogen) atoms. The minimum atomic E-state index is -0.718. The van der Waals surface area contributed by atoms with Crippen molar-refractivity contribution in [3.8, 4) is 0 Å². The summed E-state index contributed by atoms with van der Waals surface area (Å²) in [6.45, 7) is 2.17. The van der Waals surface area contributed by atoms with Gasteiger partial charge in [0.25, 0.3) is 5.56 Å². The summed E-state index contributed by atoms with van der Waals surface area (Å²) < 4.78 is 18.4. The number of methoxy groups -OCH3 is 1. The lowest BCUT2D eigenvalue weighted by molar-refractivity contribution is 0.0523. The van der Waals surface area contributed by atoms with Crippen LogP contribution in [0.25, 0.3) is 16.7 Å². The van der Waals surface area contributed by atoms with E-state index in [0.717, 1.165) is 0 Å². The van der Waals surface area contributed by atoms with Crippen molar-refractivity contribution in [1.29, 1.82) is 0 Å². The van der Waals surface area contributed by atoms with Gasteiger partial charge in [0, 0.05) is 19.9 Å². The normalized spacial score (nSPS) is 11.9. The third-order valence-electron chi connectivity index (χ3n) is 4.74. The van der Waals surface area contributed by atoms with E-state index in [4.69, 9.17) is 13.9 Å². The molecule has 0 spiro atoms. The molecule has 4 aromatic rings. The number of fused-ring (bicyclic) bond motifs is 2. The highest BCUT2D eigenvalue weighted by molar-refractivity contribution is 5.95. The summed E-state index contributed by atoms with van der Waals surface area (Å²) in [4.78, 5) is 47.4. The van der Waals surface area contributed by atoms with Crippen molar-refractivity contribution in [3.63, 3.8) is 0 Å². The smallest absolute Gasteiger partial charge is 0.341 e. The highest BCUT2D eigenvalue weighted by Crippen LogP contribution is 2.12. The lowest BCUT2D eigenvalue weighted by atomic mass is 10.2. The van der Waals surface area contributed by atoms with Crippen molar-refractivity contribution in [2.75, 3.05) is 20.3 Å². The third-order valence-corrected chi connectivity index (χ3v) is 4.74. The van der Waals surface area contributed by atoms with Gasteiger partial charge in [0.05, 0.1) is 24.9 Å². The predicted octanol–water partition coefficient (Wildman–Crippen LogP) is 1.81. The van der Waals surface area contributed by atoms with Crippen molar-refractivity contribution in [3.05, 3.63) is 76.0 Å². The zero-order valence-electron chi connectivity index (χ0n) is 17.5. The molecular formula is C22H20N4O6. The maximum atomic E-state index is 13.2. The number of rotatable bonds is 6. The van der Waals surface area contributed by atoms with Crippen LogP contribution in [0.4, 0.5) is 0 Å². The second-order valence-electron chi connectivity index (χ2n) is 6.72. The molecule has 0 bridgehead atoms. The Balaban J connectivity index is 2.13. The lowest BCUT2D eigenvalue weighted by Gasteiger charge is -2.14.